The van der Waals surface area contributed by atoms with Crippen molar-refractivity contribution in [1.82, 2.24) is 9.62 Å². The van der Waals surface area contributed by atoms with Gasteiger partial charge in [-0.1, -0.05) is 6.42 Å². The van der Waals surface area contributed by atoms with Gasteiger partial charge in [0.2, 0.25) is 5.91 Å². The van der Waals surface area contributed by atoms with E-state index in [0.717, 1.165) is 24.8 Å². The van der Waals surface area contributed by atoms with E-state index in [0.29, 0.717) is 23.7 Å². The summed E-state index contributed by atoms with van der Waals surface area (Å²) in [5.74, 6) is -0.0749. The van der Waals surface area contributed by atoms with Crippen LogP contribution in [-0.4, -0.2) is 37.8 Å². The molecule has 0 spiro atoms. The van der Waals surface area contributed by atoms with E-state index in [1.807, 2.05) is 12.3 Å². The standard InChI is InChI=1S/C14H22N2O3S2/c1-11-9-14(20-10-11)21(18,19)16-8-4-3-5-13(16)6-7-15-12(2)17/h9-10,13H,3-8H2,1-2H3,(H,15,17)/t13-/m1/s1. The summed E-state index contributed by atoms with van der Waals surface area (Å²) in [6, 6.07) is 1.72. The lowest BCUT2D eigenvalue weighted by molar-refractivity contribution is -0.119. The molecule has 1 aliphatic heterocycles. The summed E-state index contributed by atoms with van der Waals surface area (Å²) in [7, 11) is -3.40. The third kappa shape index (κ3) is 4.05. The monoisotopic (exact) mass is 330 g/mol. The van der Waals surface area contributed by atoms with Crippen molar-refractivity contribution in [3.8, 4) is 0 Å². The van der Waals surface area contributed by atoms with E-state index in [1.54, 1.807) is 10.4 Å². The highest BCUT2D eigenvalue weighted by atomic mass is 32.2. The largest absolute Gasteiger partial charge is 0.356 e. The Morgan fingerprint density at radius 1 is 1.48 bits per heavy atom. The number of nitrogens with zero attached hydrogens (tertiary/aromatic N) is 1. The first-order valence-corrected chi connectivity index (χ1v) is 9.54. The maximum absolute atomic E-state index is 12.8. The van der Waals surface area contributed by atoms with Crippen LogP contribution in [0.25, 0.3) is 0 Å². The summed E-state index contributed by atoms with van der Waals surface area (Å²) >= 11 is 1.28. The molecule has 5 nitrogen and oxygen atoms in total. The van der Waals surface area contributed by atoms with Crippen LogP contribution in [0.3, 0.4) is 0 Å². The Kier molecular flexibility index (Phi) is 5.40. The zero-order valence-corrected chi connectivity index (χ0v) is 14.1. The van der Waals surface area contributed by atoms with E-state index < -0.39 is 10.0 Å². The van der Waals surface area contributed by atoms with Crippen molar-refractivity contribution in [2.45, 2.75) is 49.8 Å². The van der Waals surface area contributed by atoms with Crippen molar-refractivity contribution in [2.24, 2.45) is 0 Å². The topological polar surface area (TPSA) is 66.5 Å². The van der Waals surface area contributed by atoms with E-state index in [4.69, 9.17) is 0 Å². The fourth-order valence-corrected chi connectivity index (χ4v) is 5.73. The molecule has 0 bridgehead atoms. The molecule has 0 radical (unpaired) electrons. The van der Waals surface area contributed by atoms with Gasteiger partial charge in [-0.15, -0.1) is 11.3 Å². The van der Waals surface area contributed by atoms with E-state index in [2.05, 4.69) is 5.32 Å². The molecule has 7 heteroatoms. The molecule has 2 rings (SSSR count). The lowest BCUT2D eigenvalue weighted by Crippen LogP contribution is -2.44. The molecule has 0 unspecified atom stereocenters. The van der Waals surface area contributed by atoms with Gasteiger partial charge in [-0.3, -0.25) is 4.79 Å². The minimum atomic E-state index is -3.40. The first kappa shape index (κ1) is 16.5. The molecule has 21 heavy (non-hydrogen) atoms. The molecule has 0 aromatic carbocycles. The molecule has 118 valence electrons. The summed E-state index contributed by atoms with van der Waals surface area (Å²) in [4.78, 5) is 10.9. The quantitative estimate of drug-likeness (QED) is 0.899. The minimum Gasteiger partial charge on any atom is -0.356 e. The smallest absolute Gasteiger partial charge is 0.252 e. The number of carbonyl (C=O) groups is 1. The normalized spacial score (nSPS) is 20.4. The number of hydrogen-bond donors (Lipinski definition) is 1. The number of rotatable bonds is 5. The summed E-state index contributed by atoms with van der Waals surface area (Å²) in [6.07, 6.45) is 3.48. The Hall–Kier alpha value is -0.920. The van der Waals surface area contributed by atoms with Gasteiger partial charge in [0.05, 0.1) is 0 Å². The molecule has 2 heterocycles. The number of aryl methyl sites for hydroxylation is 1. The van der Waals surface area contributed by atoms with Gasteiger partial charge < -0.3 is 5.32 Å². The predicted octanol–water partition coefficient (Wildman–Crippen LogP) is 2.13. The first-order valence-electron chi connectivity index (χ1n) is 7.22. The maximum Gasteiger partial charge on any atom is 0.252 e. The fourth-order valence-electron chi connectivity index (χ4n) is 2.65. The maximum atomic E-state index is 12.8. The fraction of sp³-hybridized carbons (Fsp3) is 0.643. The number of sulfonamides is 1. The Morgan fingerprint density at radius 3 is 2.86 bits per heavy atom. The second-order valence-corrected chi connectivity index (χ2v) is 8.51. The van der Waals surface area contributed by atoms with Crippen LogP contribution in [0.5, 0.6) is 0 Å². The van der Waals surface area contributed by atoms with Gasteiger partial charge in [-0.05, 0) is 43.2 Å². The van der Waals surface area contributed by atoms with E-state index in [1.165, 1.54) is 18.3 Å². The van der Waals surface area contributed by atoms with Gasteiger partial charge in [-0.2, -0.15) is 4.31 Å². The SMILES string of the molecule is CC(=O)NCC[C@H]1CCCCN1S(=O)(=O)c1cc(C)cs1. The molecule has 0 aliphatic carbocycles. The van der Waals surface area contributed by atoms with Crippen LogP contribution in [0.15, 0.2) is 15.7 Å². The third-order valence-corrected chi connectivity index (χ3v) is 7.18. The average Bonchev–Trinajstić information content (AvgIpc) is 2.86. The van der Waals surface area contributed by atoms with E-state index in [9.17, 15) is 13.2 Å². The first-order chi connectivity index (χ1) is 9.91. The zero-order chi connectivity index (χ0) is 15.5. The number of amides is 1. The average molecular weight is 330 g/mol. The van der Waals surface area contributed by atoms with Crippen LogP contribution in [0.1, 0.15) is 38.2 Å². The molecule has 1 aliphatic rings. The van der Waals surface area contributed by atoms with E-state index in [-0.39, 0.29) is 11.9 Å². The summed E-state index contributed by atoms with van der Waals surface area (Å²) in [5, 5.41) is 4.62. The number of carbonyl (C=O) groups excluding carboxylic acids is 1. The van der Waals surface area contributed by atoms with Crippen LogP contribution in [0.2, 0.25) is 0 Å². The summed E-state index contributed by atoms with van der Waals surface area (Å²) < 4.78 is 27.6. The second-order valence-electron chi connectivity index (χ2n) is 5.48. The Bertz CT molecular complexity index is 595. The van der Waals surface area contributed by atoms with Crippen molar-refractivity contribution < 1.29 is 13.2 Å². The highest BCUT2D eigenvalue weighted by molar-refractivity contribution is 7.91. The molecule has 1 atom stereocenters. The van der Waals surface area contributed by atoms with Gasteiger partial charge in [-0.25, -0.2) is 8.42 Å². The van der Waals surface area contributed by atoms with Crippen molar-refractivity contribution in [3.05, 3.63) is 17.0 Å². The van der Waals surface area contributed by atoms with Crippen molar-refractivity contribution in [3.63, 3.8) is 0 Å². The highest BCUT2D eigenvalue weighted by Gasteiger charge is 2.33. The van der Waals surface area contributed by atoms with Crippen molar-refractivity contribution in [1.29, 1.82) is 0 Å². The third-order valence-electron chi connectivity index (χ3n) is 3.69. The molecule has 1 fully saturated rings. The van der Waals surface area contributed by atoms with Crippen LogP contribution < -0.4 is 5.32 Å². The number of hydrogen-bond acceptors (Lipinski definition) is 4. The van der Waals surface area contributed by atoms with Crippen LogP contribution in [0, 0.1) is 6.92 Å². The molecule has 1 saturated heterocycles. The van der Waals surface area contributed by atoms with Crippen LogP contribution >= 0.6 is 11.3 Å². The molecular formula is C14H22N2O3S2. The molecule has 1 aromatic rings. The molecule has 1 N–H and O–H groups in total. The molecule has 0 saturated carbocycles. The molecule has 1 aromatic heterocycles. The highest BCUT2D eigenvalue weighted by Crippen LogP contribution is 2.30. The number of nitrogens with one attached hydrogen (secondary N) is 1. The van der Waals surface area contributed by atoms with Gasteiger partial charge in [0, 0.05) is 26.1 Å². The van der Waals surface area contributed by atoms with Crippen LogP contribution in [-0.2, 0) is 14.8 Å². The van der Waals surface area contributed by atoms with Gasteiger partial charge in [0.1, 0.15) is 4.21 Å². The van der Waals surface area contributed by atoms with Gasteiger partial charge in [0.25, 0.3) is 10.0 Å². The summed E-state index contributed by atoms with van der Waals surface area (Å²) in [6.45, 7) is 4.48. The Morgan fingerprint density at radius 2 is 2.24 bits per heavy atom. The molecule has 1 amide bonds. The summed E-state index contributed by atoms with van der Waals surface area (Å²) in [5.41, 5.74) is 0.977. The van der Waals surface area contributed by atoms with Crippen molar-refractivity contribution >= 4 is 27.3 Å². The number of thiophene rings is 1. The van der Waals surface area contributed by atoms with Crippen molar-refractivity contribution in [2.75, 3.05) is 13.1 Å². The number of piperidine rings is 1. The predicted molar refractivity (Wildman–Crippen MR) is 83.9 cm³/mol. The Balaban J connectivity index is 2.12. The van der Waals surface area contributed by atoms with E-state index >= 15 is 0 Å². The van der Waals surface area contributed by atoms with Gasteiger partial charge in [0.15, 0.2) is 0 Å². The minimum absolute atomic E-state index is 0.0157. The lowest BCUT2D eigenvalue weighted by atomic mass is 10.0. The second kappa shape index (κ2) is 6.89. The molecular weight excluding hydrogens is 308 g/mol. The van der Waals surface area contributed by atoms with Gasteiger partial charge >= 0.3 is 0 Å². The lowest BCUT2D eigenvalue weighted by Gasteiger charge is -2.34. The zero-order valence-electron chi connectivity index (χ0n) is 12.5. The van der Waals surface area contributed by atoms with Crippen LogP contribution in [0.4, 0.5) is 0 Å². The Labute approximate surface area is 130 Å².